The summed E-state index contributed by atoms with van der Waals surface area (Å²) in [6, 6.07) is 2.24. The second-order valence-corrected chi connectivity index (χ2v) is 4.27. The van der Waals surface area contributed by atoms with Crippen LogP contribution in [0, 0.1) is 17.2 Å². The van der Waals surface area contributed by atoms with Crippen LogP contribution in [0.15, 0.2) is 0 Å². The molecule has 0 aliphatic carbocycles. The molecule has 0 amide bonds. The standard InChI is InChI=1S/C8H14N2O2S/c9-7-8-1-3-10(4-2-8)5-6-13(11)12/h8H,1-6H2,(H,11,12)/p-1. The molecule has 1 aliphatic rings. The first-order chi connectivity index (χ1) is 6.22. The van der Waals surface area contributed by atoms with E-state index in [0.717, 1.165) is 25.9 Å². The lowest BCUT2D eigenvalue weighted by molar-refractivity contribution is 0.216. The molecule has 0 aromatic rings. The molecule has 1 saturated heterocycles. The van der Waals surface area contributed by atoms with Gasteiger partial charge in [0.2, 0.25) is 0 Å². The third-order valence-corrected chi connectivity index (χ3v) is 2.86. The zero-order valence-corrected chi connectivity index (χ0v) is 8.26. The quantitative estimate of drug-likeness (QED) is 0.607. The van der Waals surface area contributed by atoms with Gasteiger partial charge in [0, 0.05) is 18.2 Å². The van der Waals surface area contributed by atoms with Gasteiger partial charge < -0.3 is 9.45 Å². The van der Waals surface area contributed by atoms with Crippen molar-refractivity contribution in [2.75, 3.05) is 25.4 Å². The van der Waals surface area contributed by atoms with Crippen molar-refractivity contribution in [3.8, 4) is 6.07 Å². The summed E-state index contributed by atoms with van der Waals surface area (Å²) in [7, 11) is 0. The van der Waals surface area contributed by atoms with Crippen LogP contribution in [0.5, 0.6) is 0 Å². The van der Waals surface area contributed by atoms with Crippen LogP contribution < -0.4 is 0 Å². The lowest BCUT2D eigenvalue weighted by atomic mass is 9.99. The first kappa shape index (κ1) is 10.6. The summed E-state index contributed by atoms with van der Waals surface area (Å²) in [6.07, 6.45) is 1.75. The van der Waals surface area contributed by atoms with Gasteiger partial charge in [-0.3, -0.25) is 4.21 Å². The molecule has 1 aliphatic heterocycles. The molecule has 0 aromatic heterocycles. The minimum Gasteiger partial charge on any atom is -0.772 e. The summed E-state index contributed by atoms with van der Waals surface area (Å²) in [5, 5.41) is 8.63. The van der Waals surface area contributed by atoms with E-state index in [1.165, 1.54) is 0 Å². The number of piperidine rings is 1. The maximum Gasteiger partial charge on any atom is 0.0656 e. The summed E-state index contributed by atoms with van der Waals surface area (Å²) in [4.78, 5) is 2.10. The van der Waals surface area contributed by atoms with Gasteiger partial charge in [0.1, 0.15) is 0 Å². The summed E-state index contributed by atoms with van der Waals surface area (Å²) < 4.78 is 20.6. The Morgan fingerprint density at radius 3 is 2.62 bits per heavy atom. The molecule has 0 N–H and O–H groups in total. The molecule has 5 heteroatoms. The number of nitriles is 1. The zero-order chi connectivity index (χ0) is 9.68. The molecule has 1 heterocycles. The molecule has 0 radical (unpaired) electrons. The maximum atomic E-state index is 10.3. The van der Waals surface area contributed by atoms with E-state index in [4.69, 9.17) is 5.26 Å². The van der Waals surface area contributed by atoms with Crippen LogP contribution in [-0.4, -0.2) is 39.0 Å². The molecule has 1 unspecified atom stereocenters. The van der Waals surface area contributed by atoms with Crippen molar-refractivity contribution in [3.63, 3.8) is 0 Å². The molecule has 4 nitrogen and oxygen atoms in total. The fourth-order valence-electron chi connectivity index (χ4n) is 1.49. The maximum absolute atomic E-state index is 10.3. The van der Waals surface area contributed by atoms with E-state index < -0.39 is 11.1 Å². The van der Waals surface area contributed by atoms with Gasteiger partial charge in [0.15, 0.2) is 0 Å². The number of likely N-dealkylation sites (tertiary alicyclic amines) is 1. The van der Waals surface area contributed by atoms with E-state index in [1.54, 1.807) is 0 Å². The summed E-state index contributed by atoms with van der Waals surface area (Å²) in [5.74, 6) is 0.381. The van der Waals surface area contributed by atoms with Crippen molar-refractivity contribution in [1.82, 2.24) is 4.90 Å². The number of rotatable bonds is 3. The van der Waals surface area contributed by atoms with Gasteiger partial charge in [-0.15, -0.1) is 0 Å². The highest BCUT2D eigenvalue weighted by molar-refractivity contribution is 7.79. The molecule has 1 rings (SSSR count). The van der Waals surface area contributed by atoms with Gasteiger partial charge in [-0.05, 0) is 25.9 Å². The number of nitrogens with zero attached hydrogens (tertiary/aromatic N) is 2. The van der Waals surface area contributed by atoms with Crippen molar-refractivity contribution in [2.45, 2.75) is 12.8 Å². The third kappa shape index (κ3) is 3.85. The first-order valence-corrected chi connectivity index (χ1v) is 5.64. The Morgan fingerprint density at radius 2 is 2.15 bits per heavy atom. The average molecular weight is 201 g/mol. The fourth-order valence-corrected chi connectivity index (χ4v) is 1.90. The minimum absolute atomic E-state index is 0.175. The van der Waals surface area contributed by atoms with Crippen molar-refractivity contribution in [2.24, 2.45) is 5.92 Å². The van der Waals surface area contributed by atoms with Crippen LogP contribution in [0.25, 0.3) is 0 Å². The monoisotopic (exact) mass is 201 g/mol. The van der Waals surface area contributed by atoms with Crippen LogP contribution in [0.1, 0.15) is 12.8 Å². The fraction of sp³-hybridized carbons (Fsp3) is 0.875. The predicted octanol–water partition coefficient (Wildman–Crippen LogP) is 0.101. The molecule has 0 aromatic carbocycles. The Balaban J connectivity index is 2.18. The van der Waals surface area contributed by atoms with Crippen molar-refractivity contribution in [3.05, 3.63) is 0 Å². The predicted molar refractivity (Wildman–Crippen MR) is 48.6 cm³/mol. The van der Waals surface area contributed by atoms with Gasteiger partial charge in [-0.2, -0.15) is 5.26 Å². The van der Waals surface area contributed by atoms with E-state index in [2.05, 4.69) is 11.0 Å². The van der Waals surface area contributed by atoms with Crippen LogP contribution in [0.3, 0.4) is 0 Å². The lowest BCUT2D eigenvalue weighted by Crippen LogP contribution is -2.35. The van der Waals surface area contributed by atoms with E-state index in [1.807, 2.05) is 0 Å². The largest absolute Gasteiger partial charge is 0.772 e. The molecule has 74 valence electrons. The van der Waals surface area contributed by atoms with Crippen molar-refractivity contribution >= 4 is 11.1 Å². The van der Waals surface area contributed by atoms with E-state index in [0.29, 0.717) is 6.54 Å². The zero-order valence-electron chi connectivity index (χ0n) is 7.44. The second kappa shape index (κ2) is 5.32. The van der Waals surface area contributed by atoms with Gasteiger partial charge in [-0.1, -0.05) is 11.1 Å². The van der Waals surface area contributed by atoms with E-state index in [-0.39, 0.29) is 11.7 Å². The van der Waals surface area contributed by atoms with E-state index in [9.17, 15) is 8.76 Å². The van der Waals surface area contributed by atoms with Gasteiger partial charge in [0.25, 0.3) is 0 Å². The summed E-state index contributed by atoms with van der Waals surface area (Å²) in [6.45, 7) is 2.32. The molecular formula is C8H13N2O2S-. The average Bonchev–Trinajstić information content (AvgIpc) is 2.15. The van der Waals surface area contributed by atoms with E-state index >= 15 is 0 Å². The van der Waals surface area contributed by atoms with Gasteiger partial charge >= 0.3 is 0 Å². The first-order valence-electron chi connectivity index (χ1n) is 4.40. The number of hydrogen-bond donors (Lipinski definition) is 0. The molecule has 13 heavy (non-hydrogen) atoms. The normalized spacial score (nSPS) is 22.5. The Morgan fingerprint density at radius 1 is 1.54 bits per heavy atom. The Kier molecular flexibility index (Phi) is 4.36. The van der Waals surface area contributed by atoms with Crippen LogP contribution in [-0.2, 0) is 11.1 Å². The highest BCUT2D eigenvalue weighted by Gasteiger charge is 2.17. The van der Waals surface area contributed by atoms with Crippen molar-refractivity contribution in [1.29, 1.82) is 5.26 Å². The number of hydrogen-bond acceptors (Lipinski definition) is 4. The highest BCUT2D eigenvalue weighted by atomic mass is 32.2. The van der Waals surface area contributed by atoms with Crippen LogP contribution in [0.2, 0.25) is 0 Å². The topological polar surface area (TPSA) is 67.2 Å². The molecule has 1 fully saturated rings. The molecule has 0 bridgehead atoms. The Hall–Kier alpha value is -0.440. The second-order valence-electron chi connectivity index (χ2n) is 3.25. The Bertz CT molecular complexity index is 219. The van der Waals surface area contributed by atoms with Crippen LogP contribution >= 0.6 is 0 Å². The van der Waals surface area contributed by atoms with Crippen LogP contribution in [0.4, 0.5) is 0 Å². The summed E-state index contributed by atoms with van der Waals surface area (Å²) in [5.41, 5.74) is 0. The highest BCUT2D eigenvalue weighted by Crippen LogP contribution is 2.15. The van der Waals surface area contributed by atoms with Gasteiger partial charge in [-0.25, -0.2) is 0 Å². The molecule has 0 saturated carbocycles. The molecule has 0 spiro atoms. The summed E-state index contributed by atoms with van der Waals surface area (Å²) >= 11 is -1.93. The lowest BCUT2D eigenvalue weighted by Gasteiger charge is -2.29. The third-order valence-electron chi connectivity index (χ3n) is 2.34. The van der Waals surface area contributed by atoms with Crippen molar-refractivity contribution < 1.29 is 8.76 Å². The SMILES string of the molecule is N#CC1CCN(CCS(=O)[O-])CC1. The molecular weight excluding hydrogens is 188 g/mol. The Labute approximate surface area is 80.8 Å². The smallest absolute Gasteiger partial charge is 0.0656 e. The van der Waals surface area contributed by atoms with Gasteiger partial charge in [0.05, 0.1) is 6.07 Å². The molecule has 1 atom stereocenters. The minimum atomic E-state index is -1.93.